The lowest BCUT2D eigenvalue weighted by Crippen LogP contribution is -2.26. The summed E-state index contributed by atoms with van der Waals surface area (Å²) in [4.78, 5) is 0. The molecule has 0 aromatic rings. The summed E-state index contributed by atoms with van der Waals surface area (Å²) >= 11 is 4.49. The standard InChI is InChI=1S/C13H26OS/c1-3-6-12(2)9-14-10-13(11-15)7-4-5-8-13/h12,15H,3-11H2,1-2H3. The molecule has 1 unspecified atom stereocenters. The molecule has 1 fully saturated rings. The van der Waals surface area contributed by atoms with Crippen LogP contribution in [0.25, 0.3) is 0 Å². The highest BCUT2D eigenvalue weighted by Gasteiger charge is 2.32. The molecule has 0 amide bonds. The quantitative estimate of drug-likeness (QED) is 0.652. The molecular weight excluding hydrogens is 204 g/mol. The molecule has 0 N–H and O–H groups in total. The second kappa shape index (κ2) is 6.80. The van der Waals surface area contributed by atoms with Gasteiger partial charge in [0.05, 0.1) is 6.61 Å². The Balaban J connectivity index is 2.17. The van der Waals surface area contributed by atoms with Crippen LogP contribution in [0.5, 0.6) is 0 Å². The van der Waals surface area contributed by atoms with Gasteiger partial charge in [-0.2, -0.15) is 12.6 Å². The van der Waals surface area contributed by atoms with Gasteiger partial charge in [-0.05, 0) is 30.9 Å². The van der Waals surface area contributed by atoms with E-state index in [1.807, 2.05) is 0 Å². The van der Waals surface area contributed by atoms with Crippen LogP contribution in [-0.4, -0.2) is 19.0 Å². The van der Waals surface area contributed by atoms with Gasteiger partial charge < -0.3 is 4.74 Å². The average Bonchev–Trinajstić information content (AvgIpc) is 2.68. The molecule has 0 spiro atoms. The number of thiol groups is 1. The molecule has 0 heterocycles. The van der Waals surface area contributed by atoms with Crippen LogP contribution in [0.2, 0.25) is 0 Å². The number of hydrogen-bond donors (Lipinski definition) is 1. The van der Waals surface area contributed by atoms with Crippen LogP contribution in [0.15, 0.2) is 0 Å². The van der Waals surface area contributed by atoms with Crippen molar-refractivity contribution in [3.05, 3.63) is 0 Å². The fourth-order valence-corrected chi connectivity index (χ4v) is 2.93. The summed E-state index contributed by atoms with van der Waals surface area (Å²) in [6, 6.07) is 0. The van der Waals surface area contributed by atoms with Gasteiger partial charge in [-0.25, -0.2) is 0 Å². The largest absolute Gasteiger partial charge is 0.381 e. The maximum absolute atomic E-state index is 5.88. The van der Waals surface area contributed by atoms with Crippen LogP contribution in [0, 0.1) is 11.3 Å². The first-order valence-electron chi connectivity index (χ1n) is 6.41. The molecule has 0 radical (unpaired) electrons. The summed E-state index contributed by atoms with van der Waals surface area (Å²) < 4.78 is 5.88. The van der Waals surface area contributed by atoms with Crippen LogP contribution < -0.4 is 0 Å². The second-order valence-electron chi connectivity index (χ2n) is 5.27. The highest BCUT2D eigenvalue weighted by molar-refractivity contribution is 7.80. The molecule has 1 aliphatic carbocycles. The lowest BCUT2D eigenvalue weighted by molar-refractivity contribution is 0.0391. The Morgan fingerprint density at radius 3 is 2.53 bits per heavy atom. The number of ether oxygens (including phenoxy) is 1. The molecule has 0 aliphatic heterocycles. The first-order valence-corrected chi connectivity index (χ1v) is 7.04. The average molecular weight is 230 g/mol. The van der Waals surface area contributed by atoms with E-state index in [1.165, 1.54) is 38.5 Å². The van der Waals surface area contributed by atoms with Crippen molar-refractivity contribution < 1.29 is 4.74 Å². The van der Waals surface area contributed by atoms with Crippen molar-refractivity contribution in [2.45, 2.75) is 52.4 Å². The molecule has 90 valence electrons. The van der Waals surface area contributed by atoms with E-state index in [0.717, 1.165) is 19.0 Å². The van der Waals surface area contributed by atoms with E-state index < -0.39 is 0 Å². The molecule has 1 atom stereocenters. The Bertz CT molecular complexity index is 164. The Labute approximate surface area is 100 Å². The summed E-state index contributed by atoms with van der Waals surface area (Å²) in [5, 5.41) is 0. The third-order valence-corrected chi connectivity index (χ3v) is 4.26. The number of rotatable bonds is 7. The topological polar surface area (TPSA) is 9.23 Å². The molecule has 0 bridgehead atoms. The van der Waals surface area contributed by atoms with E-state index in [9.17, 15) is 0 Å². The molecule has 15 heavy (non-hydrogen) atoms. The minimum absolute atomic E-state index is 0.412. The zero-order valence-corrected chi connectivity index (χ0v) is 11.2. The highest BCUT2D eigenvalue weighted by atomic mass is 32.1. The lowest BCUT2D eigenvalue weighted by atomic mass is 9.90. The Kier molecular flexibility index (Phi) is 6.06. The Hall–Kier alpha value is 0.310. The summed E-state index contributed by atoms with van der Waals surface area (Å²) in [6.45, 7) is 6.39. The zero-order chi connectivity index (χ0) is 11.1. The third-order valence-electron chi connectivity index (χ3n) is 3.59. The minimum Gasteiger partial charge on any atom is -0.381 e. The monoisotopic (exact) mass is 230 g/mol. The summed E-state index contributed by atoms with van der Waals surface area (Å²) in [5.74, 6) is 1.71. The highest BCUT2D eigenvalue weighted by Crippen LogP contribution is 2.39. The maximum atomic E-state index is 5.88. The van der Waals surface area contributed by atoms with E-state index >= 15 is 0 Å². The molecule has 1 rings (SSSR count). The summed E-state index contributed by atoms with van der Waals surface area (Å²) in [5.41, 5.74) is 0.412. The summed E-state index contributed by atoms with van der Waals surface area (Å²) in [7, 11) is 0. The fourth-order valence-electron chi connectivity index (χ4n) is 2.53. The lowest BCUT2D eigenvalue weighted by Gasteiger charge is -2.27. The fraction of sp³-hybridized carbons (Fsp3) is 1.00. The molecule has 1 saturated carbocycles. The molecule has 0 saturated heterocycles. The first-order chi connectivity index (χ1) is 7.22. The molecule has 0 aromatic carbocycles. The minimum atomic E-state index is 0.412. The van der Waals surface area contributed by atoms with Crippen LogP contribution in [0.1, 0.15) is 52.4 Å². The van der Waals surface area contributed by atoms with Crippen molar-refractivity contribution in [2.75, 3.05) is 19.0 Å². The predicted molar refractivity (Wildman–Crippen MR) is 69.6 cm³/mol. The SMILES string of the molecule is CCCC(C)COCC1(CS)CCCC1. The van der Waals surface area contributed by atoms with Gasteiger partial charge in [0.2, 0.25) is 0 Å². The Morgan fingerprint density at radius 1 is 1.33 bits per heavy atom. The van der Waals surface area contributed by atoms with E-state index in [2.05, 4.69) is 26.5 Å². The van der Waals surface area contributed by atoms with E-state index in [1.54, 1.807) is 0 Å². The van der Waals surface area contributed by atoms with E-state index in [4.69, 9.17) is 4.74 Å². The normalized spacial score (nSPS) is 21.8. The molecule has 1 nitrogen and oxygen atoms in total. The molecule has 0 aromatic heterocycles. The van der Waals surface area contributed by atoms with Crippen LogP contribution >= 0.6 is 12.6 Å². The first kappa shape index (κ1) is 13.4. The van der Waals surface area contributed by atoms with Gasteiger partial charge in [0.1, 0.15) is 0 Å². The summed E-state index contributed by atoms with van der Waals surface area (Å²) in [6.07, 6.45) is 7.93. The number of hydrogen-bond acceptors (Lipinski definition) is 2. The van der Waals surface area contributed by atoms with Gasteiger partial charge >= 0.3 is 0 Å². The second-order valence-corrected chi connectivity index (χ2v) is 5.59. The van der Waals surface area contributed by atoms with Crippen molar-refractivity contribution in [1.82, 2.24) is 0 Å². The van der Waals surface area contributed by atoms with Crippen molar-refractivity contribution in [3.63, 3.8) is 0 Å². The van der Waals surface area contributed by atoms with Crippen molar-refractivity contribution in [2.24, 2.45) is 11.3 Å². The van der Waals surface area contributed by atoms with Crippen molar-refractivity contribution >= 4 is 12.6 Å². The van der Waals surface area contributed by atoms with Crippen LogP contribution in [-0.2, 0) is 4.74 Å². The van der Waals surface area contributed by atoms with Crippen molar-refractivity contribution in [1.29, 1.82) is 0 Å². The van der Waals surface area contributed by atoms with Crippen LogP contribution in [0.3, 0.4) is 0 Å². The predicted octanol–water partition coefficient (Wildman–Crippen LogP) is 3.93. The third kappa shape index (κ3) is 4.36. The van der Waals surface area contributed by atoms with Gasteiger partial charge in [-0.15, -0.1) is 0 Å². The zero-order valence-electron chi connectivity index (χ0n) is 10.3. The molecular formula is C13H26OS. The molecule has 2 heteroatoms. The van der Waals surface area contributed by atoms with E-state index in [0.29, 0.717) is 11.3 Å². The smallest absolute Gasteiger partial charge is 0.0530 e. The van der Waals surface area contributed by atoms with Gasteiger partial charge in [0, 0.05) is 12.0 Å². The van der Waals surface area contributed by atoms with Crippen LogP contribution in [0.4, 0.5) is 0 Å². The molecule has 1 aliphatic rings. The van der Waals surface area contributed by atoms with Gasteiger partial charge in [-0.3, -0.25) is 0 Å². The van der Waals surface area contributed by atoms with Crippen molar-refractivity contribution in [3.8, 4) is 0 Å². The maximum Gasteiger partial charge on any atom is 0.0530 e. The van der Waals surface area contributed by atoms with Gasteiger partial charge in [0.25, 0.3) is 0 Å². The van der Waals surface area contributed by atoms with Gasteiger partial charge in [-0.1, -0.05) is 33.1 Å². The van der Waals surface area contributed by atoms with E-state index in [-0.39, 0.29) is 0 Å². The Morgan fingerprint density at radius 2 is 2.00 bits per heavy atom. The van der Waals surface area contributed by atoms with Gasteiger partial charge in [0.15, 0.2) is 0 Å².